The van der Waals surface area contributed by atoms with Gasteiger partial charge in [0, 0.05) is 5.56 Å². The molecule has 2 N–H and O–H groups in total. The van der Waals surface area contributed by atoms with Crippen LogP contribution < -0.4 is 15.5 Å². The van der Waals surface area contributed by atoms with Crippen LogP contribution in [0.25, 0.3) is 0 Å². The van der Waals surface area contributed by atoms with Gasteiger partial charge < -0.3 is 10.1 Å². The Bertz CT molecular complexity index is 761. The number of alkyl halides is 3. The van der Waals surface area contributed by atoms with E-state index < -0.39 is 17.6 Å². The van der Waals surface area contributed by atoms with Gasteiger partial charge in [0.05, 0.1) is 31.1 Å². The molecule has 0 heterocycles. The van der Waals surface area contributed by atoms with Crippen molar-refractivity contribution in [1.82, 2.24) is 5.43 Å². The predicted molar refractivity (Wildman–Crippen MR) is 88.7 cm³/mol. The summed E-state index contributed by atoms with van der Waals surface area (Å²) in [7, 11) is 1.50. The maximum Gasteiger partial charge on any atom is 0.417 e. The normalized spacial score (nSPS) is 11.4. The van der Waals surface area contributed by atoms with Crippen LogP contribution in [-0.2, 0) is 11.0 Å². The Balaban J connectivity index is 1.93. The van der Waals surface area contributed by atoms with Crippen molar-refractivity contribution in [3.05, 3.63) is 59.7 Å². The maximum absolute atomic E-state index is 12.8. The third-order valence-electron chi connectivity index (χ3n) is 3.21. The molecule has 5 nitrogen and oxygen atoms in total. The molecule has 2 aromatic carbocycles. The topological polar surface area (TPSA) is 62.7 Å². The molecule has 8 heteroatoms. The number of amides is 1. The van der Waals surface area contributed by atoms with Gasteiger partial charge in [-0.3, -0.25) is 4.79 Å². The van der Waals surface area contributed by atoms with Gasteiger partial charge in [-0.2, -0.15) is 18.3 Å². The van der Waals surface area contributed by atoms with Gasteiger partial charge in [0.2, 0.25) is 0 Å². The fourth-order valence-electron chi connectivity index (χ4n) is 2.05. The van der Waals surface area contributed by atoms with Gasteiger partial charge >= 0.3 is 6.18 Å². The van der Waals surface area contributed by atoms with E-state index in [0.29, 0.717) is 11.4 Å². The molecular formula is C17H16F3N3O2. The highest BCUT2D eigenvalue weighted by Crippen LogP contribution is 2.31. The molecule has 0 aliphatic rings. The molecule has 2 rings (SSSR count). The zero-order valence-electron chi connectivity index (χ0n) is 13.3. The van der Waals surface area contributed by atoms with E-state index in [1.54, 1.807) is 24.3 Å². The third-order valence-corrected chi connectivity index (χ3v) is 3.21. The lowest BCUT2D eigenvalue weighted by Crippen LogP contribution is -2.26. The van der Waals surface area contributed by atoms with Crippen molar-refractivity contribution in [3.63, 3.8) is 0 Å². The zero-order chi connectivity index (χ0) is 18.3. The van der Waals surface area contributed by atoms with E-state index >= 15 is 0 Å². The molecule has 0 saturated heterocycles. The molecule has 0 unspecified atom stereocenters. The zero-order valence-corrected chi connectivity index (χ0v) is 13.3. The third kappa shape index (κ3) is 5.23. The number of rotatable bonds is 6. The van der Waals surface area contributed by atoms with E-state index in [1.165, 1.54) is 25.3 Å². The number of nitrogens with zero attached hydrogens (tertiary/aromatic N) is 1. The second kappa shape index (κ2) is 8.18. The predicted octanol–water partition coefficient (Wildman–Crippen LogP) is 3.28. The molecule has 0 aliphatic heterocycles. The minimum Gasteiger partial charge on any atom is -0.495 e. The first-order chi connectivity index (χ1) is 11.9. The number of anilines is 1. The number of carbonyl (C=O) groups is 1. The fraction of sp³-hybridized carbons (Fsp3) is 0.176. The van der Waals surface area contributed by atoms with Crippen molar-refractivity contribution in [1.29, 1.82) is 0 Å². The first-order valence-electron chi connectivity index (χ1n) is 7.27. The van der Waals surface area contributed by atoms with E-state index in [4.69, 9.17) is 4.74 Å². The minimum absolute atomic E-state index is 0.112. The quantitative estimate of drug-likeness (QED) is 0.620. The smallest absolute Gasteiger partial charge is 0.417 e. The van der Waals surface area contributed by atoms with Crippen LogP contribution in [0.2, 0.25) is 0 Å². The molecule has 0 atom stereocenters. The fourth-order valence-corrected chi connectivity index (χ4v) is 2.05. The van der Waals surface area contributed by atoms with Gasteiger partial charge in [0.25, 0.3) is 5.91 Å². The second-order valence-electron chi connectivity index (χ2n) is 4.93. The number of carbonyl (C=O) groups excluding carboxylic acids is 1. The highest BCUT2D eigenvalue weighted by atomic mass is 19.4. The molecular weight excluding hydrogens is 335 g/mol. The monoisotopic (exact) mass is 351 g/mol. The molecule has 0 bridgehead atoms. The van der Waals surface area contributed by atoms with Crippen molar-refractivity contribution in [2.24, 2.45) is 5.10 Å². The molecule has 0 saturated carbocycles. The van der Waals surface area contributed by atoms with Crippen molar-refractivity contribution in [2.45, 2.75) is 6.18 Å². The van der Waals surface area contributed by atoms with Gasteiger partial charge in [-0.05, 0) is 18.2 Å². The summed E-state index contributed by atoms with van der Waals surface area (Å²) in [5, 5.41) is 6.43. The van der Waals surface area contributed by atoms with Crippen LogP contribution in [0.1, 0.15) is 11.1 Å². The largest absolute Gasteiger partial charge is 0.495 e. The molecule has 2 aromatic rings. The Morgan fingerprint density at radius 3 is 2.56 bits per heavy atom. The summed E-state index contributed by atoms with van der Waals surface area (Å²) in [5.41, 5.74) is 1.84. The van der Waals surface area contributed by atoms with Crippen LogP contribution in [-0.4, -0.2) is 25.8 Å². The van der Waals surface area contributed by atoms with Gasteiger partial charge in [-0.25, -0.2) is 5.43 Å². The first-order valence-corrected chi connectivity index (χ1v) is 7.27. The Morgan fingerprint density at radius 2 is 1.84 bits per heavy atom. The van der Waals surface area contributed by atoms with Gasteiger partial charge in [0.1, 0.15) is 5.75 Å². The summed E-state index contributed by atoms with van der Waals surface area (Å²) in [6.45, 7) is -0.112. The van der Waals surface area contributed by atoms with Crippen LogP contribution in [0.4, 0.5) is 18.9 Å². The van der Waals surface area contributed by atoms with Crippen LogP contribution >= 0.6 is 0 Å². The van der Waals surface area contributed by atoms with E-state index in [-0.39, 0.29) is 12.1 Å². The summed E-state index contributed by atoms with van der Waals surface area (Å²) in [6.07, 6.45) is -3.53. The maximum atomic E-state index is 12.8. The van der Waals surface area contributed by atoms with Crippen molar-refractivity contribution in [2.75, 3.05) is 19.0 Å². The van der Waals surface area contributed by atoms with Gasteiger partial charge in [-0.1, -0.05) is 30.3 Å². The van der Waals surface area contributed by atoms with Crippen molar-refractivity contribution < 1.29 is 22.7 Å². The summed E-state index contributed by atoms with van der Waals surface area (Å²) in [4.78, 5) is 11.7. The molecule has 0 aliphatic carbocycles. The Hall–Kier alpha value is -3.03. The Labute approximate surface area is 142 Å². The van der Waals surface area contributed by atoms with Gasteiger partial charge in [0.15, 0.2) is 0 Å². The number of ether oxygens (including phenoxy) is 1. The highest BCUT2D eigenvalue weighted by Gasteiger charge is 2.32. The SMILES string of the molecule is COc1ccccc1NCC(=O)N/N=C/c1ccccc1C(F)(F)F. The lowest BCUT2D eigenvalue weighted by molar-refractivity contribution is -0.137. The molecule has 0 aromatic heterocycles. The highest BCUT2D eigenvalue weighted by molar-refractivity contribution is 5.85. The number of halogens is 3. The van der Waals surface area contributed by atoms with E-state index in [9.17, 15) is 18.0 Å². The molecule has 1 amide bonds. The summed E-state index contributed by atoms with van der Waals surface area (Å²) < 4.78 is 43.7. The Kier molecular flexibility index (Phi) is 5.99. The van der Waals surface area contributed by atoms with Gasteiger partial charge in [-0.15, -0.1) is 0 Å². The first kappa shape index (κ1) is 18.3. The lowest BCUT2D eigenvalue weighted by Gasteiger charge is -2.10. The standard InChI is InChI=1S/C17H16F3N3O2/c1-25-15-9-5-4-8-14(15)21-11-16(24)23-22-10-12-6-2-3-7-13(12)17(18,19)20/h2-10,21H,11H2,1H3,(H,23,24)/b22-10+. The van der Waals surface area contributed by atoms with Crippen molar-refractivity contribution >= 4 is 17.8 Å². The second-order valence-corrected chi connectivity index (χ2v) is 4.93. The summed E-state index contributed by atoms with van der Waals surface area (Å²) in [5.74, 6) is 0.0598. The van der Waals surface area contributed by atoms with Crippen LogP contribution in [0, 0.1) is 0 Å². The number of nitrogens with one attached hydrogen (secondary N) is 2. The number of para-hydroxylation sites is 2. The molecule has 0 radical (unpaired) electrons. The molecule has 132 valence electrons. The van der Waals surface area contributed by atoms with Crippen LogP contribution in [0.5, 0.6) is 5.75 Å². The van der Waals surface area contributed by atoms with Crippen LogP contribution in [0.15, 0.2) is 53.6 Å². The molecule has 25 heavy (non-hydrogen) atoms. The van der Waals surface area contributed by atoms with Crippen molar-refractivity contribution in [3.8, 4) is 5.75 Å². The Morgan fingerprint density at radius 1 is 1.16 bits per heavy atom. The number of hydrogen-bond acceptors (Lipinski definition) is 4. The van der Waals surface area contributed by atoms with E-state index in [0.717, 1.165) is 12.3 Å². The number of methoxy groups -OCH3 is 1. The molecule has 0 spiro atoms. The number of benzene rings is 2. The number of hydrazone groups is 1. The lowest BCUT2D eigenvalue weighted by atomic mass is 10.1. The van der Waals surface area contributed by atoms with E-state index in [1.807, 2.05) is 0 Å². The summed E-state index contributed by atoms with van der Waals surface area (Å²) in [6, 6.07) is 12.0. The average Bonchev–Trinajstić information content (AvgIpc) is 2.59. The molecule has 0 fully saturated rings. The van der Waals surface area contributed by atoms with Crippen LogP contribution in [0.3, 0.4) is 0 Å². The van der Waals surface area contributed by atoms with E-state index in [2.05, 4.69) is 15.8 Å². The summed E-state index contributed by atoms with van der Waals surface area (Å²) >= 11 is 0. The minimum atomic E-state index is -4.49. The number of hydrogen-bond donors (Lipinski definition) is 2. The average molecular weight is 351 g/mol.